The van der Waals surface area contributed by atoms with Gasteiger partial charge in [-0.25, -0.2) is 11.0 Å². The number of benzene rings is 2. The molecule has 0 saturated carbocycles. The highest BCUT2D eigenvalue weighted by Gasteiger charge is 2.42. The minimum Gasteiger partial charge on any atom is -0.462 e. The van der Waals surface area contributed by atoms with Crippen molar-refractivity contribution in [3.05, 3.63) is 76.5 Å². The zero-order valence-corrected chi connectivity index (χ0v) is 27.5. The van der Waals surface area contributed by atoms with Crippen molar-refractivity contribution < 1.29 is 23.4 Å². The van der Waals surface area contributed by atoms with Crippen LogP contribution in [-0.2, 0) is 27.2 Å². The molecular weight excluding hydrogens is 625 g/mol. The van der Waals surface area contributed by atoms with Gasteiger partial charge in [-0.1, -0.05) is 36.4 Å². The van der Waals surface area contributed by atoms with Gasteiger partial charge in [-0.3, -0.25) is 9.69 Å². The third kappa shape index (κ3) is 6.45. The third-order valence-electron chi connectivity index (χ3n) is 9.44. The first kappa shape index (κ1) is 32.9. The summed E-state index contributed by atoms with van der Waals surface area (Å²) in [6.45, 7) is 16.6. The molecule has 0 N–H and O–H groups in total. The summed E-state index contributed by atoms with van der Waals surface area (Å²) in [7, 11) is 3.72. The molecule has 248 valence electrons. The number of amides is 1. The number of carbonyl (C=O) groups excluding carboxylic acids is 1. The highest BCUT2D eigenvalue weighted by molar-refractivity contribution is 6.36. The number of hydrogen-bond acceptors (Lipinski definition) is 9. The number of hydrogen-bond donors (Lipinski definition) is 0. The molecule has 0 bridgehead atoms. The van der Waals surface area contributed by atoms with Gasteiger partial charge in [0.25, 0.3) is 0 Å². The Balaban J connectivity index is 1.31. The molecule has 1 atom stereocenters. The normalized spacial score (nSPS) is 18.9. The van der Waals surface area contributed by atoms with Crippen molar-refractivity contribution in [2.24, 2.45) is 0 Å². The quantitative estimate of drug-likeness (QED) is 0.224. The number of methoxy groups -OCH3 is 1. The minimum atomic E-state index is -0.460. The molecule has 2 aromatic carbocycles. The van der Waals surface area contributed by atoms with Crippen molar-refractivity contribution in [3.8, 4) is 6.01 Å². The van der Waals surface area contributed by atoms with E-state index < -0.39 is 5.82 Å². The molecule has 13 heteroatoms. The van der Waals surface area contributed by atoms with Gasteiger partial charge in [-0.15, -0.1) is 0 Å². The van der Waals surface area contributed by atoms with Crippen LogP contribution >= 0.6 is 11.6 Å². The Kier molecular flexibility index (Phi) is 9.80. The van der Waals surface area contributed by atoms with Gasteiger partial charge in [0.05, 0.1) is 42.6 Å². The summed E-state index contributed by atoms with van der Waals surface area (Å²) in [5.41, 5.74) is 2.46. The Morgan fingerprint density at radius 1 is 1.26 bits per heavy atom. The average Bonchev–Trinajstić information content (AvgIpc) is 3.07. The van der Waals surface area contributed by atoms with Crippen LogP contribution < -0.4 is 14.5 Å². The van der Waals surface area contributed by atoms with E-state index in [9.17, 15) is 9.18 Å². The molecule has 11 nitrogen and oxygen atoms in total. The number of anilines is 2. The van der Waals surface area contributed by atoms with E-state index >= 15 is 0 Å². The van der Waals surface area contributed by atoms with Gasteiger partial charge >= 0.3 is 6.01 Å². The van der Waals surface area contributed by atoms with E-state index in [2.05, 4.69) is 26.1 Å². The van der Waals surface area contributed by atoms with Gasteiger partial charge in [0.15, 0.2) is 0 Å². The van der Waals surface area contributed by atoms with E-state index in [-0.39, 0.29) is 35.1 Å². The number of nitrogens with zero attached hydrogens (tertiary/aromatic N) is 7. The molecule has 0 radical (unpaired) electrons. The fourth-order valence-corrected chi connectivity index (χ4v) is 6.99. The lowest BCUT2D eigenvalue weighted by Gasteiger charge is -2.47. The lowest BCUT2D eigenvalue weighted by Crippen LogP contribution is -2.64. The first-order valence-corrected chi connectivity index (χ1v) is 16.1. The number of ether oxygens (including phenoxy) is 3. The molecule has 6 rings (SSSR count). The summed E-state index contributed by atoms with van der Waals surface area (Å²) < 4.78 is 31.8. The van der Waals surface area contributed by atoms with E-state index in [4.69, 9.17) is 42.4 Å². The number of halogens is 2. The highest BCUT2D eigenvalue weighted by Crippen LogP contribution is 2.38. The number of piperazine rings is 1. The standard InChI is InChI=1S/C34H39ClFN7O4/c1-5-29(44)43-14-13-42(18-24(43)17-37-2)32-25-11-12-41(28-8-6-7-23-9-10-26(36)31(35)30(23)28)19-27(25)38-33(39-32)47-16-15-40(3)34(20-45-4)21-46-22-34/h5-10,24H,1,11-22H2,3-4H3/t24-/m0/s1. The van der Waals surface area contributed by atoms with Gasteiger partial charge in [0, 0.05) is 56.5 Å². The summed E-state index contributed by atoms with van der Waals surface area (Å²) in [6, 6.07) is 8.91. The number of rotatable bonds is 11. The Morgan fingerprint density at radius 2 is 2.09 bits per heavy atom. The second kappa shape index (κ2) is 14.0. The van der Waals surface area contributed by atoms with E-state index in [0.29, 0.717) is 77.5 Å². The molecule has 3 aliphatic rings. The maximum Gasteiger partial charge on any atom is 0.318 e. The largest absolute Gasteiger partial charge is 0.462 e. The topological polar surface area (TPSA) is 87.9 Å². The predicted molar refractivity (Wildman–Crippen MR) is 179 cm³/mol. The van der Waals surface area contributed by atoms with E-state index in [0.717, 1.165) is 28.1 Å². The molecule has 3 aromatic rings. The fourth-order valence-electron chi connectivity index (χ4n) is 6.72. The summed E-state index contributed by atoms with van der Waals surface area (Å²) in [5.74, 6) is 0.113. The Bertz CT molecular complexity index is 1700. The van der Waals surface area contributed by atoms with Crippen LogP contribution in [0.2, 0.25) is 5.02 Å². The van der Waals surface area contributed by atoms with Crippen LogP contribution in [0.25, 0.3) is 15.6 Å². The summed E-state index contributed by atoms with van der Waals surface area (Å²) in [4.78, 5) is 34.2. The van der Waals surface area contributed by atoms with Gasteiger partial charge in [0.1, 0.15) is 24.3 Å². The van der Waals surface area contributed by atoms with Gasteiger partial charge < -0.3 is 33.8 Å². The van der Waals surface area contributed by atoms with Gasteiger partial charge in [-0.2, -0.15) is 9.97 Å². The van der Waals surface area contributed by atoms with E-state index in [1.807, 2.05) is 25.2 Å². The van der Waals surface area contributed by atoms with Crippen LogP contribution in [0.4, 0.5) is 15.9 Å². The first-order chi connectivity index (χ1) is 22.8. The molecular formula is C34H39ClFN7O4. The molecule has 47 heavy (non-hydrogen) atoms. The number of likely N-dealkylation sites (N-methyl/N-ethyl adjacent to an activating group) is 1. The Hall–Kier alpha value is -4.02. The van der Waals surface area contributed by atoms with Crippen molar-refractivity contribution in [2.45, 2.75) is 24.5 Å². The second-order valence-electron chi connectivity index (χ2n) is 12.3. The van der Waals surface area contributed by atoms with Crippen molar-refractivity contribution in [2.75, 3.05) is 89.7 Å². The van der Waals surface area contributed by atoms with Crippen molar-refractivity contribution in [1.82, 2.24) is 19.8 Å². The minimum absolute atomic E-state index is 0.0984. The average molecular weight is 664 g/mol. The summed E-state index contributed by atoms with van der Waals surface area (Å²) in [6.07, 6.45) is 1.93. The fraction of sp³-hybridized carbons (Fsp3) is 0.471. The van der Waals surface area contributed by atoms with E-state index in [1.165, 1.54) is 12.1 Å². The Labute approximate surface area is 279 Å². The lowest BCUT2D eigenvalue weighted by atomic mass is 9.97. The number of fused-ring (bicyclic) bond motifs is 2. The van der Waals surface area contributed by atoms with Crippen LogP contribution in [0.15, 0.2) is 43.0 Å². The molecule has 0 aliphatic carbocycles. The number of aromatic nitrogens is 2. The van der Waals surface area contributed by atoms with Crippen molar-refractivity contribution >= 4 is 39.8 Å². The van der Waals surface area contributed by atoms with Crippen molar-refractivity contribution in [3.63, 3.8) is 0 Å². The Morgan fingerprint density at radius 3 is 2.81 bits per heavy atom. The zero-order valence-electron chi connectivity index (χ0n) is 26.8. The molecule has 2 fully saturated rings. The molecule has 1 aromatic heterocycles. The van der Waals surface area contributed by atoms with Gasteiger partial charge in [-0.05, 0) is 37.1 Å². The maximum absolute atomic E-state index is 14.6. The van der Waals surface area contributed by atoms with Crippen LogP contribution in [-0.4, -0.2) is 117 Å². The van der Waals surface area contributed by atoms with Crippen LogP contribution in [0.3, 0.4) is 0 Å². The van der Waals surface area contributed by atoms with Crippen LogP contribution in [0.1, 0.15) is 11.3 Å². The third-order valence-corrected chi connectivity index (χ3v) is 9.81. The molecule has 2 saturated heterocycles. The van der Waals surface area contributed by atoms with Crippen molar-refractivity contribution in [1.29, 1.82) is 0 Å². The highest BCUT2D eigenvalue weighted by atomic mass is 35.5. The first-order valence-electron chi connectivity index (χ1n) is 15.7. The molecule has 0 unspecified atom stereocenters. The van der Waals surface area contributed by atoms with Crippen LogP contribution in [0.5, 0.6) is 6.01 Å². The monoisotopic (exact) mass is 663 g/mol. The smallest absolute Gasteiger partial charge is 0.318 e. The second-order valence-corrected chi connectivity index (χ2v) is 12.6. The summed E-state index contributed by atoms with van der Waals surface area (Å²) >= 11 is 6.51. The van der Waals surface area contributed by atoms with Crippen LogP contribution in [0, 0.1) is 12.4 Å². The molecule has 4 heterocycles. The SMILES string of the molecule is [C-]#[N+]C[C@H]1CN(c2nc(OCCN(C)C3(COC)COC3)nc3c2CCN(c2cccc4ccc(F)c(Cl)c24)C3)CCN1C(=O)C=C. The van der Waals surface area contributed by atoms with Gasteiger partial charge in [0.2, 0.25) is 12.5 Å². The predicted octanol–water partition coefficient (Wildman–Crippen LogP) is 3.83. The van der Waals surface area contributed by atoms with E-state index in [1.54, 1.807) is 18.1 Å². The number of carbonyl (C=O) groups is 1. The molecule has 3 aliphatic heterocycles. The molecule has 0 spiro atoms. The maximum atomic E-state index is 14.6. The zero-order chi connectivity index (χ0) is 33.1. The lowest BCUT2D eigenvalue weighted by molar-refractivity contribution is -0.159. The molecule has 1 amide bonds. The summed E-state index contributed by atoms with van der Waals surface area (Å²) in [5, 5.41) is 1.62.